The molecule has 1 aliphatic rings. The van der Waals surface area contributed by atoms with Crippen LogP contribution in [0, 0.1) is 6.92 Å². The lowest BCUT2D eigenvalue weighted by Gasteiger charge is -2.28. The maximum absolute atomic E-state index is 13.0. The summed E-state index contributed by atoms with van der Waals surface area (Å²) in [5, 5.41) is 4.00. The predicted molar refractivity (Wildman–Crippen MR) is 102 cm³/mol. The van der Waals surface area contributed by atoms with Gasteiger partial charge in [0.05, 0.1) is 24.9 Å². The van der Waals surface area contributed by atoms with Crippen LogP contribution in [0.15, 0.2) is 36.7 Å². The fraction of sp³-hybridized carbons (Fsp3) is 0.250. The summed E-state index contributed by atoms with van der Waals surface area (Å²) >= 11 is 0. The van der Waals surface area contributed by atoms with Crippen LogP contribution in [0.25, 0.3) is 10.9 Å². The van der Waals surface area contributed by atoms with Crippen LogP contribution in [0.2, 0.25) is 0 Å². The Labute approximate surface area is 156 Å². The van der Waals surface area contributed by atoms with Gasteiger partial charge in [-0.15, -0.1) is 0 Å². The quantitative estimate of drug-likeness (QED) is 0.731. The summed E-state index contributed by atoms with van der Waals surface area (Å²) in [7, 11) is 1.36. The topological polar surface area (TPSA) is 87.3 Å². The van der Waals surface area contributed by atoms with Crippen molar-refractivity contribution in [2.75, 3.05) is 19.0 Å². The van der Waals surface area contributed by atoms with Gasteiger partial charge in [-0.2, -0.15) is 0 Å². The first-order chi connectivity index (χ1) is 13.1. The van der Waals surface area contributed by atoms with Crippen LogP contribution in [-0.4, -0.2) is 40.5 Å². The average molecular weight is 364 g/mol. The van der Waals surface area contributed by atoms with E-state index in [0.29, 0.717) is 25.1 Å². The molecule has 0 spiro atoms. The second-order valence-electron chi connectivity index (χ2n) is 6.59. The molecule has 7 heteroatoms. The van der Waals surface area contributed by atoms with Crippen molar-refractivity contribution in [3.8, 4) is 0 Å². The third kappa shape index (κ3) is 3.01. The largest absolute Gasteiger partial charge is 0.453 e. The van der Waals surface area contributed by atoms with Crippen molar-refractivity contribution in [2.24, 2.45) is 0 Å². The van der Waals surface area contributed by atoms with Crippen LogP contribution < -0.4 is 5.32 Å². The Morgan fingerprint density at radius 1 is 1.26 bits per heavy atom. The molecule has 2 aromatic heterocycles. The number of anilines is 1. The highest BCUT2D eigenvalue weighted by Gasteiger charge is 2.25. The number of benzene rings is 1. The van der Waals surface area contributed by atoms with E-state index >= 15 is 0 Å². The van der Waals surface area contributed by atoms with Gasteiger partial charge in [0.1, 0.15) is 0 Å². The fourth-order valence-corrected chi connectivity index (χ4v) is 3.59. The molecule has 0 saturated heterocycles. The monoisotopic (exact) mass is 364 g/mol. The predicted octanol–water partition coefficient (Wildman–Crippen LogP) is 3.25. The van der Waals surface area contributed by atoms with Gasteiger partial charge in [-0.05, 0) is 30.5 Å². The summed E-state index contributed by atoms with van der Waals surface area (Å²) in [6.07, 6.45) is 3.51. The molecule has 0 saturated carbocycles. The van der Waals surface area contributed by atoms with E-state index in [1.165, 1.54) is 7.11 Å². The first kappa shape index (κ1) is 17.1. The Balaban J connectivity index is 1.64. The van der Waals surface area contributed by atoms with Gasteiger partial charge in [-0.3, -0.25) is 9.78 Å². The fourth-order valence-electron chi connectivity index (χ4n) is 3.59. The zero-order valence-corrected chi connectivity index (χ0v) is 15.2. The number of para-hydroxylation sites is 1. The smallest absolute Gasteiger partial charge is 0.409 e. The molecule has 1 aliphatic heterocycles. The summed E-state index contributed by atoms with van der Waals surface area (Å²) in [6.45, 7) is 2.83. The summed E-state index contributed by atoms with van der Waals surface area (Å²) in [5.41, 5.74) is 5.00. The molecule has 138 valence electrons. The molecule has 0 unspecified atom stereocenters. The highest BCUT2D eigenvalue weighted by Crippen LogP contribution is 2.28. The molecule has 3 heterocycles. The molecule has 2 N–H and O–H groups in total. The van der Waals surface area contributed by atoms with E-state index in [4.69, 9.17) is 4.74 Å². The van der Waals surface area contributed by atoms with Crippen molar-refractivity contribution in [3.63, 3.8) is 0 Å². The van der Waals surface area contributed by atoms with Crippen molar-refractivity contribution < 1.29 is 14.3 Å². The molecule has 0 bridgehead atoms. The maximum atomic E-state index is 13.0. The van der Waals surface area contributed by atoms with Crippen LogP contribution in [0.4, 0.5) is 10.5 Å². The van der Waals surface area contributed by atoms with Crippen LogP contribution in [0.1, 0.15) is 27.2 Å². The molecule has 0 fully saturated rings. The number of aryl methyl sites for hydroxylation is 1. The second-order valence-corrected chi connectivity index (χ2v) is 6.59. The Morgan fingerprint density at radius 2 is 2.07 bits per heavy atom. The van der Waals surface area contributed by atoms with Crippen LogP contribution in [0.5, 0.6) is 0 Å². The minimum absolute atomic E-state index is 0.196. The molecule has 1 aromatic carbocycles. The van der Waals surface area contributed by atoms with Gasteiger partial charge in [0.2, 0.25) is 0 Å². The number of nitrogens with one attached hydrogen (secondary N) is 2. The Kier molecular flexibility index (Phi) is 4.27. The van der Waals surface area contributed by atoms with Crippen LogP contribution in [-0.2, 0) is 17.7 Å². The molecule has 0 atom stereocenters. The zero-order chi connectivity index (χ0) is 19.0. The minimum Gasteiger partial charge on any atom is -0.453 e. The minimum atomic E-state index is -0.370. The second kappa shape index (κ2) is 6.75. The zero-order valence-electron chi connectivity index (χ0n) is 15.2. The summed E-state index contributed by atoms with van der Waals surface area (Å²) in [5.74, 6) is -0.196. The van der Waals surface area contributed by atoms with Gasteiger partial charge >= 0.3 is 6.09 Å². The van der Waals surface area contributed by atoms with E-state index in [-0.39, 0.29) is 12.0 Å². The number of nitrogens with zero attached hydrogens (tertiary/aromatic N) is 2. The van der Waals surface area contributed by atoms with E-state index in [2.05, 4.69) is 15.3 Å². The molecule has 7 nitrogen and oxygen atoms in total. The number of carbonyl (C=O) groups is 2. The summed E-state index contributed by atoms with van der Waals surface area (Å²) in [6, 6.07) is 7.85. The Hall–Kier alpha value is -3.35. The van der Waals surface area contributed by atoms with Crippen molar-refractivity contribution in [3.05, 3.63) is 59.0 Å². The van der Waals surface area contributed by atoms with Crippen LogP contribution in [0.3, 0.4) is 0 Å². The van der Waals surface area contributed by atoms with Gasteiger partial charge in [0.25, 0.3) is 5.91 Å². The normalized spacial score (nSPS) is 13.3. The van der Waals surface area contributed by atoms with E-state index in [0.717, 1.165) is 33.4 Å². The average Bonchev–Trinajstić information content (AvgIpc) is 3.01. The van der Waals surface area contributed by atoms with Crippen LogP contribution >= 0.6 is 0 Å². The number of aromatic nitrogens is 2. The number of ether oxygens (including phenoxy) is 1. The number of rotatable bonds is 2. The first-order valence-corrected chi connectivity index (χ1v) is 8.75. The lowest BCUT2D eigenvalue weighted by Crippen LogP contribution is -2.36. The highest BCUT2D eigenvalue weighted by atomic mass is 16.5. The number of pyridine rings is 1. The number of hydrogen-bond acceptors (Lipinski definition) is 4. The van der Waals surface area contributed by atoms with Crippen molar-refractivity contribution in [1.82, 2.24) is 14.9 Å². The van der Waals surface area contributed by atoms with Crippen molar-refractivity contribution in [2.45, 2.75) is 19.9 Å². The number of H-pyrrole nitrogens is 1. The summed E-state index contributed by atoms with van der Waals surface area (Å²) in [4.78, 5) is 33.8. The number of methoxy groups -OCH3 is 1. The van der Waals surface area contributed by atoms with Gasteiger partial charge in [-0.25, -0.2) is 4.79 Å². The Bertz CT molecular complexity index is 1040. The molecule has 2 amide bonds. The highest BCUT2D eigenvalue weighted by molar-refractivity contribution is 6.10. The van der Waals surface area contributed by atoms with Gasteiger partial charge in [0.15, 0.2) is 0 Å². The molecule has 0 radical (unpaired) electrons. The first-order valence-electron chi connectivity index (χ1n) is 8.75. The molecule has 0 aliphatic carbocycles. The lowest BCUT2D eigenvalue weighted by atomic mass is 9.97. The SMILES string of the molecule is COC(=O)N1CCc2c(cncc2C(=O)Nc2c(C)[nH]c3ccccc23)C1. The third-order valence-corrected chi connectivity index (χ3v) is 4.95. The van der Waals surface area contributed by atoms with E-state index in [9.17, 15) is 9.59 Å². The molecular formula is C20H20N4O3. The lowest BCUT2D eigenvalue weighted by molar-refractivity contribution is 0.102. The molecule has 4 rings (SSSR count). The number of carbonyl (C=O) groups excluding carboxylic acids is 2. The molecule has 3 aromatic rings. The van der Waals surface area contributed by atoms with Gasteiger partial charge < -0.3 is 19.9 Å². The third-order valence-electron chi connectivity index (χ3n) is 4.95. The standard InChI is InChI=1S/C20H20N4O3/c1-12-18(15-5-3-4-6-17(15)22-12)23-19(25)16-10-21-9-13-11-24(20(26)27-2)8-7-14(13)16/h3-6,9-10,22H,7-8,11H2,1-2H3,(H,23,25). The Morgan fingerprint density at radius 3 is 2.89 bits per heavy atom. The van der Waals surface area contributed by atoms with Gasteiger partial charge in [-0.1, -0.05) is 18.2 Å². The molecular weight excluding hydrogens is 344 g/mol. The van der Waals surface area contributed by atoms with Crippen molar-refractivity contribution >= 4 is 28.6 Å². The van der Waals surface area contributed by atoms with Crippen molar-refractivity contribution in [1.29, 1.82) is 0 Å². The number of fused-ring (bicyclic) bond motifs is 2. The molecule has 27 heavy (non-hydrogen) atoms. The number of amides is 2. The van der Waals surface area contributed by atoms with E-state index in [1.54, 1.807) is 17.3 Å². The summed E-state index contributed by atoms with van der Waals surface area (Å²) < 4.78 is 4.79. The number of hydrogen-bond donors (Lipinski definition) is 2. The van der Waals surface area contributed by atoms with E-state index in [1.807, 2.05) is 31.2 Å². The van der Waals surface area contributed by atoms with Gasteiger partial charge in [0, 0.05) is 35.5 Å². The number of aromatic amines is 1. The maximum Gasteiger partial charge on any atom is 0.409 e. The van der Waals surface area contributed by atoms with E-state index < -0.39 is 0 Å².